The van der Waals surface area contributed by atoms with Crippen LogP contribution in [0.5, 0.6) is 0 Å². The van der Waals surface area contributed by atoms with Crippen LogP contribution in [0.1, 0.15) is 5.82 Å². The van der Waals surface area contributed by atoms with E-state index in [4.69, 9.17) is 0 Å². The van der Waals surface area contributed by atoms with E-state index >= 15 is 0 Å². The highest BCUT2D eigenvalue weighted by molar-refractivity contribution is 9.10. The summed E-state index contributed by atoms with van der Waals surface area (Å²) in [5.74, 6) is 0.131. The molecule has 28 heavy (non-hydrogen) atoms. The highest BCUT2D eigenvalue weighted by Crippen LogP contribution is 2.16. The van der Waals surface area contributed by atoms with Crippen molar-refractivity contribution in [2.75, 3.05) is 5.32 Å². The number of carbonyl (C=O) groups excluding carboxylic acids is 1. The average molecular weight is 439 g/mol. The third kappa shape index (κ3) is 3.56. The van der Waals surface area contributed by atoms with Crippen LogP contribution >= 0.6 is 15.9 Å². The van der Waals surface area contributed by atoms with E-state index in [1.165, 1.54) is 4.40 Å². The van der Waals surface area contributed by atoms with Crippen LogP contribution in [-0.2, 0) is 11.3 Å². The Morgan fingerprint density at radius 3 is 2.64 bits per heavy atom. The number of benzene rings is 1. The lowest BCUT2D eigenvalue weighted by molar-refractivity contribution is -0.117. The van der Waals surface area contributed by atoms with Crippen molar-refractivity contribution in [3.8, 4) is 11.4 Å². The zero-order valence-corrected chi connectivity index (χ0v) is 16.4. The number of halogens is 1. The Morgan fingerprint density at radius 1 is 1.14 bits per heavy atom. The van der Waals surface area contributed by atoms with Gasteiger partial charge in [-0.15, -0.1) is 5.10 Å². The zero-order chi connectivity index (χ0) is 19.7. The molecule has 4 rings (SSSR count). The summed E-state index contributed by atoms with van der Waals surface area (Å²) in [6, 6.07) is 14.4. The van der Waals surface area contributed by atoms with Gasteiger partial charge in [-0.1, -0.05) is 22.0 Å². The Labute approximate surface area is 168 Å². The number of aryl methyl sites for hydroxylation is 1. The fourth-order valence-corrected chi connectivity index (χ4v) is 3.08. The molecule has 0 saturated heterocycles. The van der Waals surface area contributed by atoms with Crippen LogP contribution in [0.2, 0.25) is 0 Å². The number of fused-ring (bicyclic) bond motifs is 1. The monoisotopic (exact) mass is 438 g/mol. The zero-order valence-electron chi connectivity index (χ0n) is 14.8. The molecule has 0 spiro atoms. The van der Waals surface area contributed by atoms with Gasteiger partial charge >= 0.3 is 5.69 Å². The Morgan fingerprint density at radius 2 is 1.93 bits per heavy atom. The molecule has 0 saturated carbocycles. The summed E-state index contributed by atoms with van der Waals surface area (Å²) in [7, 11) is 0. The molecule has 0 fully saturated rings. The minimum Gasteiger partial charge on any atom is -0.324 e. The molecule has 0 aliphatic heterocycles. The van der Waals surface area contributed by atoms with Gasteiger partial charge in [0, 0.05) is 22.4 Å². The molecule has 4 aromatic rings. The van der Waals surface area contributed by atoms with Gasteiger partial charge in [-0.05, 0) is 43.3 Å². The summed E-state index contributed by atoms with van der Waals surface area (Å²) in [6.45, 7) is 1.52. The number of aromatic nitrogens is 5. The topological polar surface area (TPSA) is 94.2 Å². The molecule has 0 bridgehead atoms. The van der Waals surface area contributed by atoms with Crippen LogP contribution in [0.3, 0.4) is 0 Å². The van der Waals surface area contributed by atoms with Crippen molar-refractivity contribution in [1.29, 1.82) is 0 Å². The van der Waals surface area contributed by atoms with Gasteiger partial charge in [0.05, 0.1) is 11.4 Å². The molecule has 9 heteroatoms. The van der Waals surface area contributed by atoms with E-state index in [9.17, 15) is 9.59 Å². The molecular formula is C19H15BrN6O2. The third-order valence-electron chi connectivity index (χ3n) is 4.08. The van der Waals surface area contributed by atoms with Crippen LogP contribution in [0.15, 0.2) is 64.0 Å². The molecule has 0 atom stereocenters. The van der Waals surface area contributed by atoms with Gasteiger partial charge < -0.3 is 5.32 Å². The Hall–Kier alpha value is -3.33. The molecular weight excluding hydrogens is 424 g/mol. The smallest absolute Gasteiger partial charge is 0.324 e. The van der Waals surface area contributed by atoms with E-state index in [0.717, 1.165) is 9.15 Å². The summed E-state index contributed by atoms with van der Waals surface area (Å²) in [5.41, 5.74) is 1.93. The lowest BCUT2D eigenvalue weighted by atomic mass is 10.2. The van der Waals surface area contributed by atoms with Gasteiger partial charge in [-0.25, -0.2) is 18.9 Å². The quantitative estimate of drug-likeness (QED) is 0.528. The molecule has 0 aliphatic carbocycles. The van der Waals surface area contributed by atoms with Crippen molar-refractivity contribution in [2.24, 2.45) is 0 Å². The van der Waals surface area contributed by atoms with E-state index in [2.05, 4.69) is 36.3 Å². The number of nitrogens with zero attached hydrogens (tertiary/aromatic N) is 5. The predicted molar refractivity (Wildman–Crippen MR) is 108 cm³/mol. The predicted octanol–water partition coefficient (Wildman–Crippen LogP) is 2.66. The van der Waals surface area contributed by atoms with Crippen LogP contribution in [-0.4, -0.2) is 30.1 Å². The third-order valence-corrected chi connectivity index (χ3v) is 4.61. The number of hydrogen-bond donors (Lipinski definition) is 1. The van der Waals surface area contributed by atoms with Crippen LogP contribution in [0, 0.1) is 6.92 Å². The van der Waals surface area contributed by atoms with Gasteiger partial charge in [0.1, 0.15) is 12.4 Å². The normalized spacial score (nSPS) is 10.9. The first-order valence-electron chi connectivity index (χ1n) is 8.45. The first kappa shape index (κ1) is 18.1. The van der Waals surface area contributed by atoms with Crippen molar-refractivity contribution in [1.82, 2.24) is 24.1 Å². The van der Waals surface area contributed by atoms with Crippen LogP contribution in [0.25, 0.3) is 17.0 Å². The molecule has 0 aliphatic rings. The van der Waals surface area contributed by atoms with Crippen molar-refractivity contribution >= 4 is 33.2 Å². The second-order valence-corrected chi connectivity index (χ2v) is 7.01. The second kappa shape index (κ2) is 7.35. The molecule has 1 N–H and O–H groups in total. The van der Waals surface area contributed by atoms with Crippen LogP contribution < -0.4 is 11.0 Å². The van der Waals surface area contributed by atoms with Gasteiger partial charge in [-0.2, -0.15) is 0 Å². The largest absolute Gasteiger partial charge is 0.352 e. The number of amides is 1. The summed E-state index contributed by atoms with van der Waals surface area (Å²) < 4.78 is 3.41. The minimum absolute atomic E-state index is 0.199. The van der Waals surface area contributed by atoms with Crippen molar-refractivity contribution in [3.63, 3.8) is 0 Å². The SMILES string of the molecule is Cc1nc(-c2ccccn2)cc2nn(CC(=O)Nc3ccc(Br)cc3)c(=O)n12. The molecule has 140 valence electrons. The summed E-state index contributed by atoms with van der Waals surface area (Å²) in [4.78, 5) is 33.7. The number of rotatable bonds is 4. The number of pyridine rings is 1. The molecule has 1 amide bonds. The Kier molecular flexibility index (Phi) is 4.74. The van der Waals surface area contributed by atoms with E-state index in [1.807, 2.05) is 30.3 Å². The van der Waals surface area contributed by atoms with Gasteiger partial charge in [0.2, 0.25) is 5.91 Å². The average Bonchev–Trinajstić information content (AvgIpc) is 3.00. The van der Waals surface area contributed by atoms with E-state index in [1.54, 1.807) is 31.3 Å². The molecule has 3 aromatic heterocycles. The number of nitrogens with one attached hydrogen (secondary N) is 1. The maximum Gasteiger partial charge on any atom is 0.352 e. The van der Waals surface area contributed by atoms with E-state index in [0.29, 0.717) is 28.5 Å². The second-order valence-electron chi connectivity index (χ2n) is 6.09. The molecule has 1 aromatic carbocycles. The van der Waals surface area contributed by atoms with Crippen molar-refractivity contribution < 1.29 is 4.79 Å². The Balaban J connectivity index is 1.64. The fraction of sp³-hybridized carbons (Fsp3) is 0.105. The number of anilines is 1. The number of carbonyl (C=O) groups is 1. The van der Waals surface area contributed by atoms with Crippen LogP contribution in [0.4, 0.5) is 5.69 Å². The fourth-order valence-electron chi connectivity index (χ4n) is 2.82. The van der Waals surface area contributed by atoms with Gasteiger partial charge in [-0.3, -0.25) is 9.78 Å². The standard InChI is InChI=1S/C19H15BrN6O2/c1-12-22-16(15-4-2-3-9-21-15)10-17-24-25(19(28)26(12)17)11-18(27)23-14-7-5-13(20)6-8-14/h2-10H,11H2,1H3,(H,23,27). The Bertz CT molecular complexity index is 1220. The lowest BCUT2D eigenvalue weighted by Crippen LogP contribution is -2.28. The van der Waals surface area contributed by atoms with E-state index < -0.39 is 5.69 Å². The lowest BCUT2D eigenvalue weighted by Gasteiger charge is -2.04. The van der Waals surface area contributed by atoms with Crippen molar-refractivity contribution in [3.05, 3.63) is 75.5 Å². The summed E-state index contributed by atoms with van der Waals surface area (Å²) in [6.07, 6.45) is 1.67. The highest BCUT2D eigenvalue weighted by Gasteiger charge is 2.15. The maximum absolute atomic E-state index is 12.7. The summed E-state index contributed by atoms with van der Waals surface area (Å²) in [5, 5.41) is 7.03. The molecule has 0 radical (unpaired) electrons. The molecule has 0 unspecified atom stereocenters. The van der Waals surface area contributed by atoms with Gasteiger partial charge in [0.15, 0.2) is 5.65 Å². The summed E-state index contributed by atoms with van der Waals surface area (Å²) >= 11 is 3.34. The molecule has 3 heterocycles. The molecule has 8 nitrogen and oxygen atoms in total. The van der Waals surface area contributed by atoms with Crippen molar-refractivity contribution in [2.45, 2.75) is 13.5 Å². The number of hydrogen-bond acceptors (Lipinski definition) is 5. The highest BCUT2D eigenvalue weighted by atomic mass is 79.9. The minimum atomic E-state index is -0.418. The first-order chi connectivity index (χ1) is 13.5. The van der Waals surface area contributed by atoms with Gasteiger partial charge in [0.25, 0.3) is 0 Å². The first-order valence-corrected chi connectivity index (χ1v) is 9.24. The maximum atomic E-state index is 12.7. The van der Waals surface area contributed by atoms with E-state index in [-0.39, 0.29) is 12.5 Å².